The van der Waals surface area contributed by atoms with Crippen molar-refractivity contribution in [1.29, 1.82) is 0 Å². The second kappa shape index (κ2) is 6.79. The van der Waals surface area contributed by atoms with Gasteiger partial charge in [-0.3, -0.25) is 0 Å². The molecule has 0 radical (unpaired) electrons. The standard InChI is InChI=1S/C20H20O4/c1-13(2)23-16-6-4-15(5-7-16)12-22-17-8-9-18-14(3)10-20(21)24-19(18)11-17/h4-11,13H,12H2,1-3H3. The van der Waals surface area contributed by atoms with E-state index >= 15 is 0 Å². The second-order valence-electron chi connectivity index (χ2n) is 6.01. The Kier molecular flexibility index (Phi) is 4.56. The lowest BCUT2D eigenvalue weighted by atomic mass is 10.1. The zero-order valence-corrected chi connectivity index (χ0v) is 14.0. The van der Waals surface area contributed by atoms with Gasteiger partial charge < -0.3 is 13.9 Å². The highest BCUT2D eigenvalue weighted by molar-refractivity contribution is 5.81. The summed E-state index contributed by atoms with van der Waals surface area (Å²) < 4.78 is 16.7. The molecular formula is C20H20O4. The van der Waals surface area contributed by atoms with Crippen molar-refractivity contribution in [3.63, 3.8) is 0 Å². The molecule has 0 fully saturated rings. The Hall–Kier alpha value is -2.75. The third-order valence-electron chi connectivity index (χ3n) is 3.62. The average molecular weight is 324 g/mol. The lowest BCUT2D eigenvalue weighted by Crippen LogP contribution is -2.05. The van der Waals surface area contributed by atoms with E-state index in [0.29, 0.717) is 17.9 Å². The van der Waals surface area contributed by atoms with Crippen LogP contribution >= 0.6 is 0 Å². The minimum atomic E-state index is -0.349. The van der Waals surface area contributed by atoms with E-state index in [9.17, 15) is 4.79 Å². The van der Waals surface area contributed by atoms with Crippen molar-refractivity contribution >= 4 is 11.0 Å². The molecule has 2 aromatic carbocycles. The molecule has 0 aliphatic rings. The fourth-order valence-electron chi connectivity index (χ4n) is 2.50. The maximum atomic E-state index is 11.5. The number of benzene rings is 2. The summed E-state index contributed by atoms with van der Waals surface area (Å²) in [5.41, 5.74) is 2.13. The van der Waals surface area contributed by atoms with E-state index < -0.39 is 0 Å². The van der Waals surface area contributed by atoms with Crippen molar-refractivity contribution in [1.82, 2.24) is 0 Å². The highest BCUT2D eigenvalue weighted by atomic mass is 16.5. The van der Waals surface area contributed by atoms with Crippen LogP contribution in [0.25, 0.3) is 11.0 Å². The smallest absolute Gasteiger partial charge is 0.336 e. The lowest BCUT2D eigenvalue weighted by molar-refractivity contribution is 0.242. The molecule has 0 saturated carbocycles. The first kappa shape index (κ1) is 16.1. The SMILES string of the molecule is Cc1cc(=O)oc2cc(OCc3ccc(OC(C)C)cc3)ccc12. The molecule has 24 heavy (non-hydrogen) atoms. The maximum Gasteiger partial charge on any atom is 0.336 e. The topological polar surface area (TPSA) is 48.7 Å². The van der Waals surface area contributed by atoms with E-state index in [1.807, 2.05) is 57.2 Å². The number of hydrogen-bond acceptors (Lipinski definition) is 4. The summed E-state index contributed by atoms with van der Waals surface area (Å²) in [4.78, 5) is 11.5. The van der Waals surface area contributed by atoms with Crippen molar-refractivity contribution in [2.75, 3.05) is 0 Å². The van der Waals surface area contributed by atoms with Gasteiger partial charge in [0.15, 0.2) is 0 Å². The van der Waals surface area contributed by atoms with Gasteiger partial charge in [0.2, 0.25) is 0 Å². The van der Waals surface area contributed by atoms with Crippen LogP contribution in [-0.2, 0) is 6.61 Å². The van der Waals surface area contributed by atoms with Crippen LogP contribution in [0.1, 0.15) is 25.0 Å². The second-order valence-corrected chi connectivity index (χ2v) is 6.01. The van der Waals surface area contributed by atoms with Crippen LogP contribution in [0.15, 0.2) is 57.7 Å². The van der Waals surface area contributed by atoms with Gasteiger partial charge >= 0.3 is 5.63 Å². The summed E-state index contributed by atoms with van der Waals surface area (Å²) in [7, 11) is 0. The molecule has 0 bridgehead atoms. The summed E-state index contributed by atoms with van der Waals surface area (Å²) in [6.07, 6.45) is 0.155. The molecule has 0 unspecified atom stereocenters. The Morgan fingerprint density at radius 1 is 1.00 bits per heavy atom. The van der Waals surface area contributed by atoms with Gasteiger partial charge in [0.05, 0.1) is 6.10 Å². The molecule has 1 heterocycles. The quantitative estimate of drug-likeness (QED) is 0.650. The van der Waals surface area contributed by atoms with Crippen molar-refractivity contribution < 1.29 is 13.9 Å². The normalized spacial score (nSPS) is 11.0. The highest BCUT2D eigenvalue weighted by Gasteiger charge is 2.05. The van der Waals surface area contributed by atoms with Gasteiger partial charge in [-0.1, -0.05) is 12.1 Å². The van der Waals surface area contributed by atoms with Crippen molar-refractivity contribution in [3.05, 3.63) is 70.1 Å². The van der Waals surface area contributed by atoms with Crippen LogP contribution in [0.5, 0.6) is 11.5 Å². The lowest BCUT2D eigenvalue weighted by Gasteiger charge is -2.11. The van der Waals surface area contributed by atoms with Gasteiger partial charge in [0.1, 0.15) is 23.7 Å². The molecule has 0 N–H and O–H groups in total. The molecule has 3 rings (SSSR count). The van der Waals surface area contributed by atoms with Crippen LogP contribution in [0.3, 0.4) is 0 Å². The first-order valence-corrected chi connectivity index (χ1v) is 7.94. The van der Waals surface area contributed by atoms with Gasteiger partial charge in [0, 0.05) is 17.5 Å². The first-order chi connectivity index (χ1) is 11.5. The molecule has 124 valence electrons. The Morgan fingerprint density at radius 3 is 2.42 bits per heavy atom. The van der Waals surface area contributed by atoms with Gasteiger partial charge in [-0.2, -0.15) is 0 Å². The number of aryl methyl sites for hydroxylation is 1. The monoisotopic (exact) mass is 324 g/mol. The van der Waals surface area contributed by atoms with Gasteiger partial charge in [-0.15, -0.1) is 0 Å². The molecule has 0 amide bonds. The van der Waals surface area contributed by atoms with Crippen molar-refractivity contribution in [2.45, 2.75) is 33.5 Å². The fraction of sp³-hybridized carbons (Fsp3) is 0.250. The molecule has 0 aliphatic carbocycles. The van der Waals surface area contributed by atoms with Crippen molar-refractivity contribution in [2.24, 2.45) is 0 Å². The van der Waals surface area contributed by atoms with Gasteiger partial charge in [-0.25, -0.2) is 4.79 Å². The minimum Gasteiger partial charge on any atom is -0.491 e. The third kappa shape index (κ3) is 3.77. The predicted molar refractivity (Wildman–Crippen MR) is 93.8 cm³/mol. The highest BCUT2D eigenvalue weighted by Crippen LogP contribution is 2.23. The van der Waals surface area contributed by atoms with Crippen LogP contribution in [-0.4, -0.2) is 6.10 Å². The molecule has 0 saturated heterocycles. The van der Waals surface area contributed by atoms with E-state index in [-0.39, 0.29) is 11.7 Å². The summed E-state index contributed by atoms with van der Waals surface area (Å²) >= 11 is 0. The van der Waals surface area contributed by atoms with Gasteiger partial charge in [0.25, 0.3) is 0 Å². The number of hydrogen-bond donors (Lipinski definition) is 0. The van der Waals surface area contributed by atoms with Gasteiger partial charge in [-0.05, 0) is 56.2 Å². The Labute approximate surface area is 140 Å². The molecular weight excluding hydrogens is 304 g/mol. The van der Waals surface area contributed by atoms with E-state index in [2.05, 4.69) is 0 Å². The van der Waals surface area contributed by atoms with E-state index in [4.69, 9.17) is 13.9 Å². The Morgan fingerprint density at radius 2 is 1.71 bits per heavy atom. The molecule has 4 heteroatoms. The van der Waals surface area contributed by atoms with E-state index in [1.165, 1.54) is 6.07 Å². The summed E-state index contributed by atoms with van der Waals surface area (Å²) in [6.45, 7) is 6.32. The fourth-order valence-corrected chi connectivity index (χ4v) is 2.50. The largest absolute Gasteiger partial charge is 0.491 e. The van der Waals surface area contributed by atoms with E-state index in [1.54, 1.807) is 6.07 Å². The Balaban J connectivity index is 1.72. The minimum absolute atomic E-state index is 0.155. The average Bonchev–Trinajstić information content (AvgIpc) is 2.53. The molecule has 0 spiro atoms. The molecule has 3 aromatic rings. The number of ether oxygens (including phenoxy) is 2. The maximum absolute atomic E-state index is 11.5. The van der Waals surface area contributed by atoms with Crippen LogP contribution in [0.2, 0.25) is 0 Å². The van der Waals surface area contributed by atoms with Crippen LogP contribution in [0, 0.1) is 6.92 Å². The molecule has 0 atom stereocenters. The van der Waals surface area contributed by atoms with E-state index in [0.717, 1.165) is 22.3 Å². The third-order valence-corrected chi connectivity index (χ3v) is 3.62. The summed E-state index contributed by atoms with van der Waals surface area (Å²) in [5.74, 6) is 1.51. The zero-order chi connectivity index (χ0) is 17.1. The molecule has 1 aromatic heterocycles. The van der Waals surface area contributed by atoms with Crippen LogP contribution < -0.4 is 15.1 Å². The number of fused-ring (bicyclic) bond motifs is 1. The van der Waals surface area contributed by atoms with Crippen LogP contribution in [0.4, 0.5) is 0 Å². The molecule has 4 nitrogen and oxygen atoms in total. The predicted octanol–water partition coefficient (Wildman–Crippen LogP) is 4.47. The molecule has 0 aliphatic heterocycles. The number of rotatable bonds is 5. The zero-order valence-electron chi connectivity index (χ0n) is 14.0. The Bertz CT molecular complexity index is 892. The van der Waals surface area contributed by atoms with Crippen molar-refractivity contribution in [3.8, 4) is 11.5 Å². The first-order valence-electron chi connectivity index (χ1n) is 7.94. The summed E-state index contributed by atoms with van der Waals surface area (Å²) in [5, 5.41) is 0.914. The summed E-state index contributed by atoms with van der Waals surface area (Å²) in [6, 6.07) is 14.8.